The van der Waals surface area contributed by atoms with Gasteiger partial charge in [0.1, 0.15) is 23.0 Å². The normalized spacial score (nSPS) is 23.5. The number of likely N-dealkylation sites (tertiary alicyclic amines) is 1. The van der Waals surface area contributed by atoms with Crippen LogP contribution in [0.15, 0.2) is 53.7 Å². The zero-order valence-electron chi connectivity index (χ0n) is 19.4. The number of pyridine rings is 2. The summed E-state index contributed by atoms with van der Waals surface area (Å²) in [4.78, 5) is 23.8. The minimum atomic E-state index is -1.10. The van der Waals surface area contributed by atoms with Gasteiger partial charge >= 0.3 is 0 Å². The molecule has 8 nitrogen and oxygen atoms in total. The number of nitrogens with one attached hydrogen (secondary N) is 2. The van der Waals surface area contributed by atoms with Crippen molar-refractivity contribution >= 4 is 34.4 Å². The van der Waals surface area contributed by atoms with Crippen LogP contribution in [0.4, 0.5) is 10.2 Å². The Morgan fingerprint density at radius 2 is 2.20 bits per heavy atom. The lowest BCUT2D eigenvalue weighted by atomic mass is 10.00. The summed E-state index contributed by atoms with van der Waals surface area (Å²) in [6.45, 7) is 1.58. The molecule has 1 fully saturated rings. The Labute approximate surface area is 207 Å². The summed E-state index contributed by atoms with van der Waals surface area (Å²) >= 11 is 1.45. The maximum Gasteiger partial charge on any atom is 0.240 e. The number of anilines is 1. The molecule has 0 radical (unpaired) electrons. The number of piperidine rings is 1. The Morgan fingerprint density at radius 1 is 1.31 bits per heavy atom. The molecule has 2 aromatic heterocycles. The van der Waals surface area contributed by atoms with Gasteiger partial charge in [-0.2, -0.15) is 0 Å². The second kappa shape index (κ2) is 10.4. The second-order valence-corrected chi connectivity index (χ2v) is 10.1. The molecule has 10 heteroatoms. The van der Waals surface area contributed by atoms with E-state index in [2.05, 4.69) is 20.6 Å². The van der Waals surface area contributed by atoms with Crippen molar-refractivity contribution in [2.24, 2.45) is 0 Å². The molecule has 2 aliphatic heterocycles. The summed E-state index contributed by atoms with van der Waals surface area (Å²) in [5, 5.41) is 17.5. The number of nitrogens with zero attached hydrogens (tertiary/aromatic N) is 3. The highest BCUT2D eigenvalue weighted by atomic mass is 32.2. The first-order valence-corrected chi connectivity index (χ1v) is 12.5. The van der Waals surface area contributed by atoms with Gasteiger partial charge in [-0.15, -0.1) is 11.8 Å². The van der Waals surface area contributed by atoms with E-state index in [1.165, 1.54) is 11.8 Å². The summed E-state index contributed by atoms with van der Waals surface area (Å²) in [5.41, 5.74) is 1.52. The van der Waals surface area contributed by atoms with Crippen molar-refractivity contribution in [1.29, 1.82) is 0 Å². The van der Waals surface area contributed by atoms with Crippen molar-refractivity contribution in [3.8, 4) is 5.75 Å². The molecule has 1 unspecified atom stereocenters. The van der Waals surface area contributed by atoms with E-state index in [1.807, 2.05) is 35.2 Å². The number of aliphatic hydroxyl groups excluding tert-OH is 1. The SMILES string of the molecule is COc1ccc2nccc([C@@H](O)CN3CC[C@H](NCC4Sc5cccnc5NC4=O)[C@@H](F)C3)c2c1. The van der Waals surface area contributed by atoms with Gasteiger partial charge in [-0.3, -0.25) is 14.7 Å². The zero-order chi connectivity index (χ0) is 24.4. The maximum absolute atomic E-state index is 15.1. The van der Waals surface area contributed by atoms with Crippen molar-refractivity contribution in [2.45, 2.75) is 34.9 Å². The molecule has 5 rings (SSSR count). The predicted octanol–water partition coefficient (Wildman–Crippen LogP) is 2.79. The number of β-amino-alcohol motifs (C(OH)–C–C–N with tert-alkyl or cyclic N) is 1. The topological polar surface area (TPSA) is 99.6 Å². The molecule has 1 aromatic carbocycles. The highest BCUT2D eigenvalue weighted by Gasteiger charge is 2.33. The average Bonchev–Trinajstić information content (AvgIpc) is 2.87. The van der Waals surface area contributed by atoms with Crippen molar-refractivity contribution in [3.05, 3.63) is 54.4 Å². The molecule has 3 aromatic rings. The lowest BCUT2D eigenvalue weighted by Gasteiger charge is -2.37. The average molecular weight is 498 g/mol. The number of halogens is 1. The van der Waals surface area contributed by atoms with Crippen LogP contribution in [0.1, 0.15) is 18.1 Å². The van der Waals surface area contributed by atoms with Crippen molar-refractivity contribution in [3.63, 3.8) is 0 Å². The molecule has 4 heterocycles. The lowest BCUT2D eigenvalue weighted by molar-refractivity contribution is -0.115. The van der Waals surface area contributed by atoms with Crippen LogP contribution in [0.5, 0.6) is 5.75 Å². The van der Waals surface area contributed by atoms with Gasteiger partial charge in [-0.1, -0.05) is 0 Å². The minimum absolute atomic E-state index is 0.120. The number of thioether (sulfide) groups is 1. The monoisotopic (exact) mass is 497 g/mol. The number of aromatic nitrogens is 2. The summed E-state index contributed by atoms with van der Waals surface area (Å²) in [6.07, 6.45) is 2.03. The smallest absolute Gasteiger partial charge is 0.240 e. The highest BCUT2D eigenvalue weighted by molar-refractivity contribution is 8.01. The fraction of sp³-hybridized carbons (Fsp3) is 0.400. The Hall–Kier alpha value is -2.79. The predicted molar refractivity (Wildman–Crippen MR) is 134 cm³/mol. The quantitative estimate of drug-likeness (QED) is 0.458. The molecule has 0 aliphatic carbocycles. The Morgan fingerprint density at radius 3 is 3.03 bits per heavy atom. The van der Waals surface area contributed by atoms with E-state index < -0.39 is 12.3 Å². The van der Waals surface area contributed by atoms with E-state index >= 15 is 4.39 Å². The molecule has 0 saturated carbocycles. The van der Waals surface area contributed by atoms with Gasteiger partial charge in [0.15, 0.2) is 0 Å². The van der Waals surface area contributed by atoms with Crippen LogP contribution in [-0.4, -0.2) is 76.6 Å². The number of carbonyl (C=O) groups excluding carboxylic acids is 1. The van der Waals surface area contributed by atoms with Crippen molar-refractivity contribution < 1.29 is 19.0 Å². The summed E-state index contributed by atoms with van der Waals surface area (Å²) in [6, 6.07) is 10.8. The Kier molecular flexibility index (Phi) is 7.14. The number of benzene rings is 1. The molecular weight excluding hydrogens is 469 g/mol. The number of rotatable bonds is 7. The number of methoxy groups -OCH3 is 1. The molecule has 184 valence electrons. The van der Waals surface area contributed by atoms with Crippen LogP contribution < -0.4 is 15.4 Å². The first-order valence-electron chi connectivity index (χ1n) is 11.6. The van der Waals surface area contributed by atoms with E-state index in [-0.39, 0.29) is 23.7 Å². The molecular formula is C25H28FN5O3S. The number of hydrogen-bond acceptors (Lipinski definition) is 8. The van der Waals surface area contributed by atoms with Crippen molar-refractivity contribution in [1.82, 2.24) is 20.2 Å². The molecule has 35 heavy (non-hydrogen) atoms. The fourth-order valence-corrected chi connectivity index (χ4v) is 5.67. The maximum atomic E-state index is 15.1. The second-order valence-electron chi connectivity index (χ2n) is 8.82. The van der Waals surface area contributed by atoms with Gasteiger partial charge in [-0.05, 0) is 54.9 Å². The number of hydrogen-bond donors (Lipinski definition) is 3. The molecule has 1 saturated heterocycles. The van der Waals surface area contributed by atoms with Gasteiger partial charge in [0, 0.05) is 43.5 Å². The third-order valence-electron chi connectivity index (χ3n) is 6.54. The van der Waals surface area contributed by atoms with E-state index in [9.17, 15) is 9.90 Å². The molecule has 2 aliphatic rings. The van der Waals surface area contributed by atoms with E-state index in [4.69, 9.17) is 4.74 Å². The van der Waals surface area contributed by atoms with Gasteiger partial charge in [0.05, 0.1) is 23.6 Å². The van der Waals surface area contributed by atoms with Crippen LogP contribution in [0.25, 0.3) is 10.9 Å². The van der Waals surface area contributed by atoms with Crippen LogP contribution in [0, 0.1) is 0 Å². The molecule has 0 bridgehead atoms. The summed E-state index contributed by atoms with van der Waals surface area (Å²) < 4.78 is 20.4. The molecule has 0 spiro atoms. The standard InChI is InChI=1S/C25H28FN5O3S/c1-34-15-4-5-19-17(11-15)16(6-9-27-19)21(32)14-31-10-7-20(18(26)13-31)29-12-23-25(33)30-24-22(35-23)3-2-8-28-24/h2-6,8-9,11,18,20-21,23,29,32H,7,10,12-14H2,1H3,(H,28,30,33)/t18-,20-,21-,23?/m0/s1. The molecule has 3 N–H and O–H groups in total. The zero-order valence-corrected chi connectivity index (χ0v) is 20.2. The number of ether oxygens (including phenoxy) is 1. The number of carbonyl (C=O) groups is 1. The van der Waals surface area contributed by atoms with Gasteiger partial charge in [0.25, 0.3) is 0 Å². The third kappa shape index (κ3) is 5.25. The van der Waals surface area contributed by atoms with Gasteiger partial charge < -0.3 is 20.5 Å². The largest absolute Gasteiger partial charge is 0.497 e. The van der Waals surface area contributed by atoms with Crippen LogP contribution >= 0.6 is 11.8 Å². The van der Waals surface area contributed by atoms with E-state index in [0.29, 0.717) is 37.6 Å². The Bertz CT molecular complexity index is 1210. The first kappa shape index (κ1) is 23.9. The number of aliphatic hydroxyl groups is 1. The first-order chi connectivity index (χ1) is 17.0. The highest BCUT2D eigenvalue weighted by Crippen LogP contribution is 2.34. The summed E-state index contributed by atoms with van der Waals surface area (Å²) in [7, 11) is 1.60. The summed E-state index contributed by atoms with van der Waals surface area (Å²) in [5.74, 6) is 1.15. The number of alkyl halides is 1. The number of amides is 1. The number of fused-ring (bicyclic) bond motifs is 2. The van der Waals surface area contributed by atoms with Gasteiger partial charge in [0.2, 0.25) is 5.91 Å². The fourth-order valence-electron chi connectivity index (χ4n) is 4.65. The molecule has 1 amide bonds. The van der Waals surface area contributed by atoms with Gasteiger partial charge in [-0.25, -0.2) is 9.37 Å². The minimum Gasteiger partial charge on any atom is -0.497 e. The lowest BCUT2D eigenvalue weighted by Crippen LogP contribution is -2.53. The van der Waals surface area contributed by atoms with E-state index in [0.717, 1.165) is 21.4 Å². The van der Waals surface area contributed by atoms with Crippen LogP contribution in [-0.2, 0) is 4.79 Å². The van der Waals surface area contributed by atoms with Crippen LogP contribution in [0.3, 0.4) is 0 Å². The van der Waals surface area contributed by atoms with E-state index in [1.54, 1.807) is 25.6 Å². The third-order valence-corrected chi connectivity index (χ3v) is 7.79. The van der Waals surface area contributed by atoms with Crippen LogP contribution in [0.2, 0.25) is 0 Å². The Balaban J connectivity index is 1.16. The molecule has 4 atom stereocenters. The van der Waals surface area contributed by atoms with Crippen molar-refractivity contribution in [2.75, 3.05) is 38.6 Å².